The Balaban J connectivity index is 1.47. The summed E-state index contributed by atoms with van der Waals surface area (Å²) in [5.74, 6) is -0.381. The van der Waals surface area contributed by atoms with E-state index in [1.807, 2.05) is 6.92 Å². The number of carbonyl (C=O) groups is 3. The van der Waals surface area contributed by atoms with Gasteiger partial charge >= 0.3 is 0 Å². The number of hydrogen-bond donors (Lipinski definition) is 1. The van der Waals surface area contributed by atoms with Crippen molar-refractivity contribution in [3.63, 3.8) is 0 Å². The highest BCUT2D eigenvalue weighted by atomic mass is 35.5. The lowest BCUT2D eigenvalue weighted by atomic mass is 9.81. The number of carbonyl (C=O) groups excluding carboxylic acids is 3. The van der Waals surface area contributed by atoms with Crippen LogP contribution in [0.4, 0.5) is 5.69 Å². The Morgan fingerprint density at radius 1 is 1.21 bits per heavy atom. The summed E-state index contributed by atoms with van der Waals surface area (Å²) in [6, 6.07) is 5.25. The van der Waals surface area contributed by atoms with Crippen LogP contribution in [0, 0.1) is 30.6 Å². The molecule has 6 heteroatoms. The second-order valence-corrected chi connectivity index (χ2v) is 7.52. The van der Waals surface area contributed by atoms with Crippen molar-refractivity contribution in [1.29, 1.82) is 0 Å². The van der Waals surface area contributed by atoms with Crippen molar-refractivity contribution < 1.29 is 14.4 Å². The van der Waals surface area contributed by atoms with Crippen molar-refractivity contribution in [1.82, 2.24) is 4.90 Å². The molecule has 0 aromatic heterocycles. The summed E-state index contributed by atoms with van der Waals surface area (Å²) in [4.78, 5) is 38.7. The molecule has 1 aliphatic heterocycles. The molecule has 4 rings (SSSR count). The summed E-state index contributed by atoms with van der Waals surface area (Å²) in [6.07, 6.45) is 3.06. The van der Waals surface area contributed by atoms with Gasteiger partial charge in [0.05, 0.1) is 11.8 Å². The highest BCUT2D eigenvalue weighted by Gasteiger charge is 2.60. The summed E-state index contributed by atoms with van der Waals surface area (Å²) >= 11 is 6.05. The minimum atomic E-state index is -0.366. The highest BCUT2D eigenvalue weighted by Crippen LogP contribution is 2.56. The lowest BCUT2D eigenvalue weighted by Gasteiger charge is -2.19. The van der Waals surface area contributed by atoms with E-state index >= 15 is 0 Å². The van der Waals surface area contributed by atoms with Gasteiger partial charge in [0, 0.05) is 10.7 Å². The Hall–Kier alpha value is -1.88. The van der Waals surface area contributed by atoms with Crippen molar-refractivity contribution in [3.8, 4) is 0 Å². The first-order valence-electron chi connectivity index (χ1n) is 8.37. The predicted molar refractivity (Wildman–Crippen MR) is 89.3 cm³/mol. The predicted octanol–water partition coefficient (Wildman–Crippen LogP) is 2.62. The quantitative estimate of drug-likeness (QED) is 0.855. The Bertz CT molecular complexity index is 720. The number of rotatable bonds is 3. The minimum absolute atomic E-state index is 0.157. The van der Waals surface area contributed by atoms with E-state index in [9.17, 15) is 14.4 Å². The first kappa shape index (κ1) is 15.6. The summed E-state index contributed by atoms with van der Waals surface area (Å²) in [5.41, 5.74) is 1.37. The second-order valence-electron chi connectivity index (χ2n) is 7.11. The number of nitrogens with one attached hydrogen (secondary N) is 1. The van der Waals surface area contributed by atoms with Crippen LogP contribution in [-0.2, 0) is 14.4 Å². The molecule has 126 valence electrons. The van der Waals surface area contributed by atoms with Gasteiger partial charge in [-0.05, 0) is 55.7 Å². The molecule has 1 saturated heterocycles. The van der Waals surface area contributed by atoms with Gasteiger partial charge in [-0.15, -0.1) is 0 Å². The lowest BCUT2D eigenvalue weighted by molar-refractivity contribution is -0.143. The molecule has 24 heavy (non-hydrogen) atoms. The fourth-order valence-electron chi connectivity index (χ4n) is 4.70. The molecule has 5 nitrogen and oxygen atoms in total. The number of fused-ring (bicyclic) bond motifs is 5. The molecule has 1 N–H and O–H groups in total. The van der Waals surface area contributed by atoms with Gasteiger partial charge in [-0.3, -0.25) is 19.3 Å². The highest BCUT2D eigenvalue weighted by molar-refractivity contribution is 6.31. The largest absolute Gasteiger partial charge is 0.324 e. The maximum Gasteiger partial charge on any atom is 0.244 e. The van der Waals surface area contributed by atoms with E-state index in [4.69, 9.17) is 11.6 Å². The van der Waals surface area contributed by atoms with Crippen LogP contribution in [0.5, 0.6) is 0 Å². The second kappa shape index (κ2) is 5.59. The number of imide groups is 1. The van der Waals surface area contributed by atoms with Crippen LogP contribution in [0.3, 0.4) is 0 Å². The molecule has 1 aromatic carbocycles. The molecule has 2 aliphatic carbocycles. The van der Waals surface area contributed by atoms with Crippen LogP contribution < -0.4 is 5.32 Å². The van der Waals surface area contributed by atoms with Crippen molar-refractivity contribution >= 4 is 35.0 Å². The third kappa shape index (κ3) is 2.25. The molecular weight excluding hydrogens is 328 g/mol. The van der Waals surface area contributed by atoms with Crippen LogP contribution in [0.1, 0.15) is 24.8 Å². The topological polar surface area (TPSA) is 66.5 Å². The monoisotopic (exact) mass is 346 g/mol. The van der Waals surface area contributed by atoms with Gasteiger partial charge < -0.3 is 5.32 Å². The molecule has 1 aromatic rings. The number of likely N-dealkylation sites (tertiary alicyclic amines) is 1. The van der Waals surface area contributed by atoms with Crippen molar-refractivity contribution in [2.45, 2.75) is 26.2 Å². The zero-order chi connectivity index (χ0) is 17.0. The molecule has 4 unspecified atom stereocenters. The SMILES string of the molecule is Cc1c(Cl)cccc1NC(=O)CN1C(=O)C2C3CCC(C3)C2C1=O. The standard InChI is InChI=1S/C18H19ClN2O3/c1-9-12(19)3-2-4-13(9)20-14(22)8-21-17(23)15-10-5-6-11(7-10)16(15)18(21)24/h2-4,10-11,15-16H,5-8H2,1H3,(H,20,22). The Morgan fingerprint density at radius 2 is 1.83 bits per heavy atom. The number of halogens is 1. The Morgan fingerprint density at radius 3 is 2.46 bits per heavy atom. The fourth-order valence-corrected chi connectivity index (χ4v) is 4.88. The van der Waals surface area contributed by atoms with Gasteiger partial charge in [0.1, 0.15) is 6.54 Å². The number of hydrogen-bond acceptors (Lipinski definition) is 3. The van der Waals surface area contributed by atoms with Gasteiger partial charge in [0.25, 0.3) is 0 Å². The summed E-state index contributed by atoms with van der Waals surface area (Å²) in [6.45, 7) is 1.60. The van der Waals surface area contributed by atoms with Crippen molar-refractivity contribution in [2.75, 3.05) is 11.9 Å². The molecule has 1 heterocycles. The molecule has 4 atom stereocenters. The minimum Gasteiger partial charge on any atom is -0.324 e. The van der Waals surface area contributed by atoms with Crippen molar-refractivity contribution in [3.05, 3.63) is 28.8 Å². The first-order chi connectivity index (χ1) is 11.5. The summed E-state index contributed by atoms with van der Waals surface area (Å²) in [5, 5.41) is 3.32. The molecule has 3 fully saturated rings. The Labute approximate surface area is 145 Å². The van der Waals surface area contributed by atoms with E-state index in [2.05, 4.69) is 5.32 Å². The lowest BCUT2D eigenvalue weighted by Crippen LogP contribution is -2.39. The maximum absolute atomic E-state index is 12.6. The van der Waals surface area contributed by atoms with Crippen LogP contribution >= 0.6 is 11.6 Å². The van der Waals surface area contributed by atoms with Crippen LogP contribution in [0.25, 0.3) is 0 Å². The number of benzene rings is 1. The zero-order valence-electron chi connectivity index (χ0n) is 13.4. The molecule has 3 amide bonds. The third-order valence-corrected chi connectivity index (χ3v) is 6.27. The number of amides is 3. The molecule has 2 saturated carbocycles. The van der Waals surface area contributed by atoms with E-state index in [-0.39, 0.29) is 36.1 Å². The van der Waals surface area contributed by atoms with Crippen LogP contribution in [0.2, 0.25) is 5.02 Å². The van der Waals surface area contributed by atoms with Gasteiger partial charge in [-0.2, -0.15) is 0 Å². The smallest absolute Gasteiger partial charge is 0.244 e. The van der Waals surface area contributed by atoms with Crippen molar-refractivity contribution in [2.24, 2.45) is 23.7 Å². The third-order valence-electron chi connectivity index (χ3n) is 5.86. The van der Waals surface area contributed by atoms with E-state index in [0.717, 1.165) is 29.7 Å². The van der Waals surface area contributed by atoms with Crippen LogP contribution in [0.15, 0.2) is 18.2 Å². The zero-order valence-corrected chi connectivity index (χ0v) is 14.2. The molecule has 0 spiro atoms. The average molecular weight is 347 g/mol. The van der Waals surface area contributed by atoms with Gasteiger partial charge in [0.15, 0.2) is 0 Å². The summed E-state index contributed by atoms with van der Waals surface area (Å²) in [7, 11) is 0. The van der Waals surface area contributed by atoms with E-state index in [1.165, 1.54) is 0 Å². The number of anilines is 1. The Kier molecular flexibility index (Phi) is 3.64. The van der Waals surface area contributed by atoms with Gasteiger partial charge in [-0.25, -0.2) is 0 Å². The van der Waals surface area contributed by atoms with E-state index in [0.29, 0.717) is 22.5 Å². The fraction of sp³-hybridized carbons (Fsp3) is 0.500. The summed E-state index contributed by atoms with van der Waals surface area (Å²) < 4.78 is 0. The molecule has 2 bridgehead atoms. The van der Waals surface area contributed by atoms with E-state index in [1.54, 1.807) is 18.2 Å². The molecule has 3 aliphatic rings. The average Bonchev–Trinajstić information content (AvgIpc) is 3.22. The first-order valence-corrected chi connectivity index (χ1v) is 8.75. The number of nitrogens with zero attached hydrogens (tertiary/aromatic N) is 1. The maximum atomic E-state index is 12.6. The van der Waals surface area contributed by atoms with Crippen LogP contribution in [-0.4, -0.2) is 29.2 Å². The molecule has 0 radical (unpaired) electrons. The molecular formula is C18H19ClN2O3. The normalized spacial score (nSPS) is 30.8. The van der Waals surface area contributed by atoms with Gasteiger partial charge in [0.2, 0.25) is 17.7 Å². The van der Waals surface area contributed by atoms with E-state index < -0.39 is 0 Å². The van der Waals surface area contributed by atoms with Gasteiger partial charge in [-0.1, -0.05) is 17.7 Å².